The lowest BCUT2D eigenvalue weighted by molar-refractivity contribution is 0.0697. The zero-order chi connectivity index (χ0) is 15.9. The van der Waals surface area contributed by atoms with Gasteiger partial charge < -0.3 is 5.11 Å². The van der Waals surface area contributed by atoms with Crippen molar-refractivity contribution in [1.29, 1.82) is 0 Å². The summed E-state index contributed by atoms with van der Waals surface area (Å²) in [6.45, 7) is 0. The maximum atomic E-state index is 12.6. The monoisotopic (exact) mass is 423 g/mol. The van der Waals surface area contributed by atoms with E-state index in [0.29, 0.717) is 21.1 Å². The molecule has 8 heteroatoms. The molecule has 1 heterocycles. The van der Waals surface area contributed by atoms with Gasteiger partial charge in [-0.2, -0.15) is 4.68 Å². The highest BCUT2D eigenvalue weighted by Crippen LogP contribution is 2.24. The molecule has 2 aromatic carbocycles. The van der Waals surface area contributed by atoms with Crippen LogP contribution in [0.2, 0.25) is 0 Å². The number of hydrogen-bond acceptors (Lipinski definition) is 4. The van der Waals surface area contributed by atoms with Gasteiger partial charge in [0.15, 0.2) is 0 Å². The second kappa shape index (κ2) is 5.62. The molecule has 0 fully saturated rings. The molecule has 0 saturated carbocycles. The lowest BCUT2D eigenvalue weighted by atomic mass is 10.2. The molecular formula is C14H7Br2N3O3. The Balaban J connectivity index is 2.22. The number of aromatic carboxylic acids is 1. The van der Waals surface area contributed by atoms with Crippen LogP contribution in [0.3, 0.4) is 0 Å². The molecule has 0 bridgehead atoms. The van der Waals surface area contributed by atoms with Crippen LogP contribution < -0.4 is 5.56 Å². The highest BCUT2D eigenvalue weighted by atomic mass is 79.9. The van der Waals surface area contributed by atoms with Crippen molar-refractivity contribution in [3.05, 3.63) is 61.3 Å². The van der Waals surface area contributed by atoms with E-state index in [1.807, 2.05) is 0 Å². The van der Waals surface area contributed by atoms with Crippen molar-refractivity contribution in [1.82, 2.24) is 15.0 Å². The molecule has 0 amide bonds. The Bertz CT molecular complexity index is 952. The lowest BCUT2D eigenvalue weighted by Gasteiger charge is -2.06. The maximum absolute atomic E-state index is 12.6. The van der Waals surface area contributed by atoms with Crippen molar-refractivity contribution in [2.24, 2.45) is 0 Å². The van der Waals surface area contributed by atoms with Crippen molar-refractivity contribution in [2.45, 2.75) is 0 Å². The Hall–Kier alpha value is -2.06. The molecule has 0 atom stereocenters. The molecule has 0 saturated heterocycles. The van der Waals surface area contributed by atoms with Crippen LogP contribution >= 0.6 is 31.9 Å². The zero-order valence-corrected chi connectivity index (χ0v) is 14.0. The molecule has 0 aliphatic carbocycles. The minimum atomic E-state index is -1.03. The predicted molar refractivity (Wildman–Crippen MR) is 87.5 cm³/mol. The van der Waals surface area contributed by atoms with Gasteiger partial charge in [0.1, 0.15) is 5.52 Å². The van der Waals surface area contributed by atoms with E-state index < -0.39 is 5.97 Å². The van der Waals surface area contributed by atoms with E-state index in [2.05, 4.69) is 42.2 Å². The van der Waals surface area contributed by atoms with Gasteiger partial charge in [0.25, 0.3) is 5.56 Å². The Labute approximate surface area is 140 Å². The van der Waals surface area contributed by atoms with Crippen LogP contribution in [-0.4, -0.2) is 26.1 Å². The van der Waals surface area contributed by atoms with E-state index in [4.69, 9.17) is 5.11 Å². The molecule has 1 N–H and O–H groups in total. The number of carboxylic acid groups (broad SMARTS) is 1. The summed E-state index contributed by atoms with van der Waals surface area (Å²) in [7, 11) is 0. The fourth-order valence-electron chi connectivity index (χ4n) is 1.99. The number of fused-ring (bicyclic) bond motifs is 1. The summed E-state index contributed by atoms with van der Waals surface area (Å²) in [5, 5.41) is 17.2. The number of aromatic nitrogens is 3. The average Bonchev–Trinajstić information content (AvgIpc) is 2.48. The molecule has 3 rings (SSSR count). The number of halogens is 2. The van der Waals surface area contributed by atoms with Gasteiger partial charge in [-0.05, 0) is 52.3 Å². The fraction of sp³-hybridized carbons (Fsp3) is 0. The molecule has 0 aliphatic rings. The highest BCUT2D eigenvalue weighted by Gasteiger charge is 2.11. The van der Waals surface area contributed by atoms with Gasteiger partial charge in [-0.3, -0.25) is 4.79 Å². The molecule has 0 unspecified atom stereocenters. The Morgan fingerprint density at radius 2 is 1.82 bits per heavy atom. The van der Waals surface area contributed by atoms with Crippen LogP contribution in [0.25, 0.3) is 16.6 Å². The van der Waals surface area contributed by atoms with Crippen molar-refractivity contribution < 1.29 is 9.90 Å². The normalized spacial score (nSPS) is 10.8. The molecule has 0 spiro atoms. The van der Waals surface area contributed by atoms with Gasteiger partial charge in [0, 0.05) is 8.95 Å². The number of rotatable bonds is 2. The van der Waals surface area contributed by atoms with E-state index >= 15 is 0 Å². The fourth-order valence-corrected chi connectivity index (χ4v) is 3.29. The first-order chi connectivity index (χ1) is 10.5. The molecule has 110 valence electrons. The van der Waals surface area contributed by atoms with Crippen LogP contribution in [0.1, 0.15) is 10.4 Å². The second-order valence-electron chi connectivity index (χ2n) is 4.44. The van der Waals surface area contributed by atoms with Crippen molar-refractivity contribution in [3.8, 4) is 5.69 Å². The van der Waals surface area contributed by atoms with Gasteiger partial charge in [0.05, 0.1) is 16.6 Å². The van der Waals surface area contributed by atoms with E-state index in [1.54, 1.807) is 12.1 Å². The number of carbonyl (C=O) groups is 1. The SMILES string of the molecule is O=C(O)c1ccc(-n2nnc3c(Br)cc(Br)cc3c2=O)cc1. The summed E-state index contributed by atoms with van der Waals surface area (Å²) in [4.78, 5) is 23.4. The highest BCUT2D eigenvalue weighted by molar-refractivity contribution is 9.11. The number of hydrogen-bond donors (Lipinski definition) is 1. The van der Waals surface area contributed by atoms with Crippen LogP contribution in [0.4, 0.5) is 0 Å². The second-order valence-corrected chi connectivity index (χ2v) is 6.21. The minimum Gasteiger partial charge on any atom is -0.478 e. The molecule has 0 aliphatic heterocycles. The van der Waals surface area contributed by atoms with Crippen LogP contribution in [0.5, 0.6) is 0 Å². The summed E-state index contributed by atoms with van der Waals surface area (Å²) in [6, 6.07) is 9.29. The quantitative estimate of drug-likeness (QED) is 0.683. The van der Waals surface area contributed by atoms with E-state index in [0.717, 1.165) is 9.15 Å². The van der Waals surface area contributed by atoms with Gasteiger partial charge in [-0.1, -0.05) is 21.1 Å². The average molecular weight is 425 g/mol. The summed E-state index contributed by atoms with van der Waals surface area (Å²) in [5.41, 5.74) is 0.707. The van der Waals surface area contributed by atoms with Crippen molar-refractivity contribution in [3.63, 3.8) is 0 Å². The van der Waals surface area contributed by atoms with E-state index in [1.165, 1.54) is 24.3 Å². The van der Waals surface area contributed by atoms with Crippen LogP contribution in [0, 0.1) is 0 Å². The Morgan fingerprint density at radius 3 is 2.45 bits per heavy atom. The standard InChI is InChI=1S/C14H7Br2N3O3/c15-8-5-10-12(11(16)6-8)17-18-19(13(10)20)9-3-1-7(2-4-9)14(21)22/h1-6H,(H,21,22). The Morgan fingerprint density at radius 1 is 1.14 bits per heavy atom. The molecule has 22 heavy (non-hydrogen) atoms. The first kappa shape index (κ1) is 14.9. The zero-order valence-electron chi connectivity index (χ0n) is 10.8. The molecule has 6 nitrogen and oxygen atoms in total. The third-order valence-corrected chi connectivity index (χ3v) is 4.11. The smallest absolute Gasteiger partial charge is 0.335 e. The largest absolute Gasteiger partial charge is 0.478 e. The first-order valence-electron chi connectivity index (χ1n) is 6.06. The van der Waals surface area contributed by atoms with E-state index in [-0.39, 0.29) is 11.1 Å². The summed E-state index contributed by atoms with van der Waals surface area (Å²) in [6.07, 6.45) is 0. The maximum Gasteiger partial charge on any atom is 0.335 e. The van der Waals surface area contributed by atoms with Gasteiger partial charge >= 0.3 is 5.97 Å². The van der Waals surface area contributed by atoms with E-state index in [9.17, 15) is 9.59 Å². The Kier molecular flexibility index (Phi) is 3.79. The first-order valence-corrected chi connectivity index (χ1v) is 7.64. The van der Waals surface area contributed by atoms with Crippen molar-refractivity contribution >= 4 is 48.7 Å². The van der Waals surface area contributed by atoms with Gasteiger partial charge in [0.2, 0.25) is 0 Å². The summed E-state index contributed by atoms with van der Waals surface area (Å²) in [5.74, 6) is -1.03. The molecular weight excluding hydrogens is 418 g/mol. The predicted octanol–water partition coefficient (Wildman–Crippen LogP) is 3.00. The van der Waals surface area contributed by atoms with Crippen LogP contribution in [0.15, 0.2) is 50.1 Å². The van der Waals surface area contributed by atoms with Gasteiger partial charge in [-0.25, -0.2) is 4.79 Å². The van der Waals surface area contributed by atoms with Crippen molar-refractivity contribution in [2.75, 3.05) is 0 Å². The number of nitrogens with zero attached hydrogens (tertiary/aromatic N) is 3. The number of benzene rings is 2. The van der Waals surface area contributed by atoms with Crippen LogP contribution in [-0.2, 0) is 0 Å². The summed E-state index contributed by atoms with van der Waals surface area (Å²) < 4.78 is 2.53. The third-order valence-electron chi connectivity index (χ3n) is 3.04. The van der Waals surface area contributed by atoms with Gasteiger partial charge in [-0.15, -0.1) is 5.10 Å². The molecule has 0 radical (unpaired) electrons. The summed E-state index contributed by atoms with van der Waals surface area (Å²) >= 11 is 6.67. The number of carboxylic acids is 1. The molecule has 1 aromatic heterocycles. The third kappa shape index (κ3) is 2.55. The lowest BCUT2D eigenvalue weighted by Crippen LogP contribution is -2.22. The molecule has 3 aromatic rings. The minimum absolute atomic E-state index is 0.135. The topological polar surface area (TPSA) is 85.1 Å².